The molecule has 52 heavy (non-hydrogen) atoms. The number of hydrogen-bond donors (Lipinski definition) is 9. The Labute approximate surface area is 296 Å². The number of aliphatic hydroxyl groups excluding tert-OH is 9. The summed E-state index contributed by atoms with van der Waals surface area (Å²) in [5, 5.41) is 101. The number of carbonyl (C=O) groups is 1. The average molecular weight is 736 g/mol. The fourth-order valence-corrected chi connectivity index (χ4v) is 5.63. The van der Waals surface area contributed by atoms with Crippen LogP contribution in [0.1, 0.15) is 17.2 Å². The van der Waals surface area contributed by atoms with Gasteiger partial charge in [0.1, 0.15) is 66.8 Å². The molecule has 3 heterocycles. The highest BCUT2D eigenvalue weighted by molar-refractivity contribution is 5.87. The number of carbonyl (C=O) groups excluding carboxylic acids is 1. The summed E-state index contributed by atoms with van der Waals surface area (Å²) < 4.78 is 38.2. The largest absolute Gasteiger partial charge is 0.462 e. The zero-order valence-electron chi connectivity index (χ0n) is 27.4. The van der Waals surface area contributed by atoms with Crippen molar-refractivity contribution in [3.63, 3.8) is 0 Å². The molecule has 0 bridgehead atoms. The number of esters is 1. The van der Waals surface area contributed by atoms with Crippen molar-refractivity contribution in [3.05, 3.63) is 71.8 Å². The van der Waals surface area contributed by atoms with Crippen LogP contribution in [-0.4, -0.2) is 158 Å². The van der Waals surface area contributed by atoms with E-state index < -0.39 is 118 Å². The molecule has 284 valence electrons. The van der Waals surface area contributed by atoms with E-state index in [-0.39, 0.29) is 5.75 Å². The van der Waals surface area contributed by atoms with Crippen LogP contribution in [0.3, 0.4) is 0 Å². The number of hydrogen-bond acceptors (Lipinski definition) is 18. The van der Waals surface area contributed by atoms with Gasteiger partial charge in [0.15, 0.2) is 24.8 Å². The van der Waals surface area contributed by atoms with Crippen molar-refractivity contribution in [2.45, 2.75) is 92.1 Å². The van der Waals surface area contributed by atoms with Crippen LogP contribution >= 0.6 is 0 Å². The summed E-state index contributed by atoms with van der Waals surface area (Å²) in [4.78, 5) is 12.5. The van der Waals surface area contributed by atoms with Gasteiger partial charge in [-0.25, -0.2) is 4.79 Å². The Morgan fingerprint density at radius 3 is 2.06 bits per heavy atom. The van der Waals surface area contributed by atoms with Crippen LogP contribution in [0.4, 0.5) is 0 Å². The molecule has 0 saturated carbocycles. The Morgan fingerprint density at radius 1 is 0.788 bits per heavy atom. The summed E-state index contributed by atoms with van der Waals surface area (Å²) in [5.74, 6) is -0.677. The third-order valence-electron chi connectivity index (χ3n) is 8.68. The normalized spacial score (nSPS) is 37.2. The monoisotopic (exact) mass is 735 g/mol. The molecule has 18 heteroatoms. The third kappa shape index (κ3) is 9.29. The maximum atomic E-state index is 12.5. The predicted molar refractivity (Wildman–Crippen MR) is 170 cm³/mol. The highest BCUT2D eigenvalue weighted by Gasteiger charge is 2.47. The molecule has 0 aromatic heterocycles. The highest BCUT2D eigenvalue weighted by atomic mass is 16.7. The van der Waals surface area contributed by atoms with Crippen molar-refractivity contribution in [2.75, 3.05) is 19.8 Å². The van der Waals surface area contributed by atoms with Crippen molar-refractivity contribution in [1.29, 1.82) is 5.26 Å². The molecule has 0 spiro atoms. The van der Waals surface area contributed by atoms with Gasteiger partial charge < -0.3 is 79.1 Å². The molecule has 3 aliphatic heterocycles. The zero-order valence-corrected chi connectivity index (χ0v) is 27.4. The molecule has 3 fully saturated rings. The van der Waals surface area contributed by atoms with Gasteiger partial charge >= 0.3 is 5.97 Å². The first kappa shape index (κ1) is 39.6. The van der Waals surface area contributed by atoms with E-state index in [9.17, 15) is 56.0 Å². The Kier molecular flexibility index (Phi) is 13.7. The second-order valence-electron chi connectivity index (χ2n) is 12.3. The van der Waals surface area contributed by atoms with Crippen molar-refractivity contribution < 1.29 is 83.9 Å². The van der Waals surface area contributed by atoms with E-state index in [1.807, 2.05) is 6.07 Å². The lowest BCUT2D eigenvalue weighted by atomic mass is 9.99. The van der Waals surface area contributed by atoms with Gasteiger partial charge in [-0.3, -0.25) is 0 Å². The lowest BCUT2D eigenvalue weighted by Crippen LogP contribution is -2.60. The number of benzene rings is 2. The van der Waals surface area contributed by atoms with E-state index >= 15 is 0 Å². The first-order chi connectivity index (χ1) is 24.9. The molecule has 3 saturated heterocycles. The van der Waals surface area contributed by atoms with Crippen molar-refractivity contribution in [1.82, 2.24) is 0 Å². The number of nitrogens with zero attached hydrogens (tertiary/aromatic N) is 1. The molecule has 2 aromatic rings. The third-order valence-corrected chi connectivity index (χ3v) is 8.68. The second-order valence-corrected chi connectivity index (χ2v) is 12.3. The van der Waals surface area contributed by atoms with Crippen LogP contribution in [0.25, 0.3) is 6.08 Å². The molecule has 9 N–H and O–H groups in total. The van der Waals surface area contributed by atoms with Gasteiger partial charge in [-0.05, 0) is 29.3 Å². The van der Waals surface area contributed by atoms with Gasteiger partial charge in [0, 0.05) is 6.08 Å². The molecular formula is C34H41NO17. The summed E-state index contributed by atoms with van der Waals surface area (Å²) in [5.41, 5.74) is 0.970. The first-order valence-corrected chi connectivity index (χ1v) is 16.3. The highest BCUT2D eigenvalue weighted by Crippen LogP contribution is 2.29. The molecule has 0 amide bonds. The Hall–Kier alpha value is -3.62. The lowest BCUT2D eigenvalue weighted by molar-refractivity contribution is -0.325. The summed E-state index contributed by atoms with van der Waals surface area (Å²) >= 11 is 0. The van der Waals surface area contributed by atoms with E-state index in [1.165, 1.54) is 18.2 Å². The molecule has 2 aromatic carbocycles. The Balaban J connectivity index is 1.09. The quantitative estimate of drug-likeness (QED) is 0.0774. The number of aliphatic hydroxyl groups is 9. The van der Waals surface area contributed by atoms with Crippen LogP contribution in [0.2, 0.25) is 0 Å². The zero-order chi connectivity index (χ0) is 37.5. The van der Waals surface area contributed by atoms with Crippen LogP contribution in [0, 0.1) is 11.3 Å². The van der Waals surface area contributed by atoms with E-state index in [1.54, 1.807) is 42.5 Å². The van der Waals surface area contributed by atoms with Gasteiger partial charge in [-0.15, -0.1) is 0 Å². The van der Waals surface area contributed by atoms with Crippen LogP contribution < -0.4 is 4.74 Å². The van der Waals surface area contributed by atoms with E-state index in [0.717, 1.165) is 6.08 Å². The Morgan fingerprint density at radius 2 is 1.40 bits per heavy atom. The van der Waals surface area contributed by atoms with E-state index in [0.29, 0.717) is 11.1 Å². The maximum absolute atomic E-state index is 12.5. The Bertz CT molecular complexity index is 1510. The molecule has 3 aliphatic rings. The van der Waals surface area contributed by atoms with Gasteiger partial charge in [0.25, 0.3) is 0 Å². The summed E-state index contributed by atoms with van der Waals surface area (Å²) in [7, 11) is 0. The van der Waals surface area contributed by atoms with Crippen molar-refractivity contribution >= 4 is 12.0 Å². The number of nitriles is 1. The molecule has 15 atom stereocenters. The fraction of sp³-hybridized carbons (Fsp3) is 0.529. The van der Waals surface area contributed by atoms with Gasteiger partial charge in [0.2, 0.25) is 6.29 Å². The summed E-state index contributed by atoms with van der Waals surface area (Å²) in [6, 6.07) is 16.3. The number of ether oxygens (including phenoxy) is 7. The molecular weight excluding hydrogens is 694 g/mol. The topological polar surface area (TPSA) is 288 Å². The minimum atomic E-state index is -1.75. The van der Waals surface area contributed by atoms with E-state index in [4.69, 9.17) is 33.2 Å². The smallest absolute Gasteiger partial charge is 0.331 e. The summed E-state index contributed by atoms with van der Waals surface area (Å²) in [6.45, 7) is -1.52. The average Bonchev–Trinajstić information content (AvgIpc) is 3.16. The standard InChI is InChI=1S/C34H41NO17/c35-12-19(17-4-2-1-3-5-17)50-34-31(45)28(42)25(39)22(52-34)15-47-32-29(43)26(40)21(14-46-32)49-23(37)11-8-16-6-9-18(10-7-16)48-33-30(44)27(41)24(38)20(13-36)51-33/h1-11,19-22,24-34,36,38-45H,13-15H2/b11-8+/t19-,20-,21-,22-,24-,25-,26+,27+,28+,29-,30-,31-,32+,33-,34-/m1/s1. The van der Waals surface area contributed by atoms with Crippen LogP contribution in [-0.2, 0) is 33.2 Å². The minimum absolute atomic E-state index is 0.208. The molecule has 0 radical (unpaired) electrons. The molecule has 5 rings (SSSR count). The number of rotatable bonds is 12. The van der Waals surface area contributed by atoms with Gasteiger partial charge in [-0.2, -0.15) is 5.26 Å². The molecule has 0 aliphatic carbocycles. The summed E-state index contributed by atoms with van der Waals surface area (Å²) in [6.07, 6.45) is -20.1. The SMILES string of the molecule is N#C[C@@H](O[C@@H]1O[C@H](CO[C@@H]2OC[C@@H](OC(=O)/C=C/c3ccc(O[C@@H]4O[C@H](CO)[C@@H](O)[C@H](O)[C@H]4O)cc3)[C@H](O)[C@H]2O)[C@@H](O)[C@H](O)[C@H]1O)c1ccccc1. The molecule has 18 nitrogen and oxygen atoms in total. The van der Waals surface area contributed by atoms with Gasteiger partial charge in [-0.1, -0.05) is 42.5 Å². The second kappa shape index (κ2) is 17.9. The predicted octanol–water partition coefficient (Wildman–Crippen LogP) is -3.03. The fourth-order valence-electron chi connectivity index (χ4n) is 5.63. The molecule has 0 unspecified atom stereocenters. The first-order valence-electron chi connectivity index (χ1n) is 16.3. The van der Waals surface area contributed by atoms with Crippen LogP contribution in [0.5, 0.6) is 5.75 Å². The van der Waals surface area contributed by atoms with Crippen LogP contribution in [0.15, 0.2) is 60.7 Å². The lowest BCUT2D eigenvalue weighted by Gasteiger charge is -2.42. The minimum Gasteiger partial charge on any atom is -0.462 e. The van der Waals surface area contributed by atoms with Gasteiger partial charge in [0.05, 0.1) is 25.9 Å². The van der Waals surface area contributed by atoms with E-state index in [2.05, 4.69) is 0 Å². The maximum Gasteiger partial charge on any atom is 0.331 e. The van der Waals surface area contributed by atoms with Crippen molar-refractivity contribution in [3.8, 4) is 11.8 Å². The van der Waals surface area contributed by atoms with Crippen molar-refractivity contribution in [2.24, 2.45) is 0 Å².